The van der Waals surface area contributed by atoms with E-state index < -0.39 is 0 Å². The summed E-state index contributed by atoms with van der Waals surface area (Å²) in [7, 11) is 0. The van der Waals surface area contributed by atoms with Crippen LogP contribution in [0.15, 0.2) is 60.8 Å². The first-order chi connectivity index (χ1) is 11.8. The Morgan fingerprint density at radius 3 is 2.71 bits per heavy atom. The molecule has 4 rings (SSSR count). The topological polar surface area (TPSA) is 31.1 Å². The van der Waals surface area contributed by atoms with Crippen molar-refractivity contribution in [3.8, 4) is 0 Å². The van der Waals surface area contributed by atoms with Crippen LogP contribution in [0.3, 0.4) is 0 Å². The molecule has 1 aliphatic rings. The molecule has 0 aliphatic carbocycles. The number of nitrogens with one attached hydrogen (secondary N) is 2. The quantitative estimate of drug-likeness (QED) is 0.770. The molecule has 0 saturated carbocycles. The van der Waals surface area contributed by atoms with Crippen molar-refractivity contribution in [3.05, 3.63) is 71.9 Å². The molecule has 0 spiro atoms. The number of hydrogen-bond acceptors (Lipinski definition) is 2. The lowest BCUT2D eigenvalue weighted by Gasteiger charge is -2.39. The van der Waals surface area contributed by atoms with Gasteiger partial charge in [0.15, 0.2) is 0 Å². The smallest absolute Gasteiger partial charge is 0.0456 e. The van der Waals surface area contributed by atoms with Crippen molar-refractivity contribution >= 4 is 10.9 Å². The van der Waals surface area contributed by atoms with Gasteiger partial charge in [0.25, 0.3) is 0 Å². The molecule has 3 aromatic rings. The van der Waals surface area contributed by atoms with Gasteiger partial charge in [0, 0.05) is 48.8 Å². The second-order valence-corrected chi connectivity index (χ2v) is 6.93. The van der Waals surface area contributed by atoms with Crippen molar-refractivity contribution in [3.63, 3.8) is 0 Å². The van der Waals surface area contributed by atoms with Crippen molar-refractivity contribution in [2.24, 2.45) is 0 Å². The van der Waals surface area contributed by atoms with Gasteiger partial charge in [-0.1, -0.05) is 48.5 Å². The minimum absolute atomic E-state index is 0.504. The summed E-state index contributed by atoms with van der Waals surface area (Å²) in [6.07, 6.45) is 3.24. The molecule has 2 N–H and O–H groups in total. The van der Waals surface area contributed by atoms with Crippen molar-refractivity contribution < 1.29 is 0 Å². The summed E-state index contributed by atoms with van der Waals surface area (Å²) in [6.45, 7) is 5.50. The number of hydrogen-bond donors (Lipinski definition) is 2. The van der Waals surface area contributed by atoms with Crippen LogP contribution in [0.2, 0.25) is 0 Å². The molecule has 1 fully saturated rings. The lowest BCUT2D eigenvalue weighted by molar-refractivity contribution is 0.133. The molecule has 0 unspecified atom stereocenters. The standard InChI is InChI=1S/C21H25N3/c1-16-12-22-19(15-24(16)14-17-7-3-2-4-8-17)11-18-13-23-21-10-6-5-9-20(18)21/h2-10,13,16,19,22-23H,11-12,14-15H2,1H3/t16-,19+/m0/s1. The number of nitrogens with zero attached hydrogens (tertiary/aromatic N) is 1. The average Bonchev–Trinajstić information content (AvgIpc) is 3.02. The fourth-order valence-electron chi connectivity index (χ4n) is 3.73. The summed E-state index contributed by atoms with van der Waals surface area (Å²) in [6, 6.07) is 20.5. The molecule has 2 heterocycles. The Kier molecular flexibility index (Phi) is 4.37. The van der Waals surface area contributed by atoms with E-state index in [1.54, 1.807) is 0 Å². The van der Waals surface area contributed by atoms with Crippen LogP contribution in [0.1, 0.15) is 18.1 Å². The van der Waals surface area contributed by atoms with E-state index in [0.717, 1.165) is 26.1 Å². The van der Waals surface area contributed by atoms with E-state index in [1.807, 2.05) is 0 Å². The summed E-state index contributed by atoms with van der Waals surface area (Å²) in [5, 5.41) is 5.09. The van der Waals surface area contributed by atoms with Gasteiger partial charge in [0.05, 0.1) is 0 Å². The first kappa shape index (κ1) is 15.4. The first-order valence-electron chi connectivity index (χ1n) is 8.86. The van der Waals surface area contributed by atoms with Gasteiger partial charge in [0.2, 0.25) is 0 Å². The number of fused-ring (bicyclic) bond motifs is 1. The lowest BCUT2D eigenvalue weighted by Crippen LogP contribution is -2.55. The molecular formula is C21H25N3. The largest absolute Gasteiger partial charge is 0.361 e. The lowest BCUT2D eigenvalue weighted by atomic mass is 10.0. The van der Waals surface area contributed by atoms with Crippen LogP contribution in [-0.4, -0.2) is 35.1 Å². The molecule has 0 amide bonds. The first-order valence-corrected chi connectivity index (χ1v) is 8.86. The van der Waals surface area contributed by atoms with Gasteiger partial charge in [-0.05, 0) is 30.5 Å². The number of aromatic nitrogens is 1. The second kappa shape index (κ2) is 6.80. The third kappa shape index (κ3) is 3.23. The van der Waals surface area contributed by atoms with Crippen LogP contribution < -0.4 is 5.32 Å². The SMILES string of the molecule is C[C@H]1CN[C@H](Cc2c[nH]c3ccccc23)CN1Cc1ccccc1. The Morgan fingerprint density at radius 1 is 1.04 bits per heavy atom. The highest BCUT2D eigenvalue weighted by atomic mass is 15.2. The molecule has 1 aliphatic heterocycles. The Bertz CT molecular complexity index is 793. The van der Waals surface area contributed by atoms with Crippen molar-refractivity contribution in [2.75, 3.05) is 13.1 Å². The van der Waals surface area contributed by atoms with Crippen LogP contribution in [0.25, 0.3) is 10.9 Å². The highest BCUT2D eigenvalue weighted by molar-refractivity contribution is 5.83. The van der Waals surface area contributed by atoms with E-state index in [0.29, 0.717) is 12.1 Å². The van der Waals surface area contributed by atoms with Gasteiger partial charge in [-0.3, -0.25) is 4.90 Å². The fraction of sp³-hybridized carbons (Fsp3) is 0.333. The number of aromatic amines is 1. The molecule has 0 radical (unpaired) electrons. The van der Waals surface area contributed by atoms with Crippen LogP contribution >= 0.6 is 0 Å². The maximum atomic E-state index is 3.73. The molecular weight excluding hydrogens is 294 g/mol. The van der Waals surface area contributed by atoms with Crippen LogP contribution in [0.5, 0.6) is 0 Å². The molecule has 1 aromatic heterocycles. The normalized spacial score (nSPS) is 22.0. The fourth-order valence-corrected chi connectivity index (χ4v) is 3.73. The number of benzene rings is 2. The predicted octanol–water partition coefficient (Wildman–Crippen LogP) is 3.57. The van der Waals surface area contributed by atoms with E-state index in [-0.39, 0.29) is 0 Å². The third-order valence-corrected chi connectivity index (χ3v) is 5.15. The molecule has 2 atom stereocenters. The van der Waals surface area contributed by atoms with E-state index in [2.05, 4.69) is 82.9 Å². The predicted molar refractivity (Wildman–Crippen MR) is 100 cm³/mol. The maximum Gasteiger partial charge on any atom is 0.0456 e. The molecule has 3 nitrogen and oxygen atoms in total. The number of H-pyrrole nitrogens is 1. The molecule has 124 valence electrons. The highest BCUT2D eigenvalue weighted by Crippen LogP contribution is 2.21. The van der Waals surface area contributed by atoms with E-state index in [4.69, 9.17) is 0 Å². The summed E-state index contributed by atoms with van der Waals surface area (Å²) in [5.41, 5.74) is 4.05. The van der Waals surface area contributed by atoms with Gasteiger partial charge in [-0.15, -0.1) is 0 Å². The number of piperazine rings is 1. The molecule has 24 heavy (non-hydrogen) atoms. The Hall–Kier alpha value is -2.10. The van der Waals surface area contributed by atoms with Crippen molar-refractivity contribution in [2.45, 2.75) is 32.0 Å². The molecule has 3 heteroatoms. The van der Waals surface area contributed by atoms with Gasteiger partial charge in [0.1, 0.15) is 0 Å². The zero-order valence-electron chi connectivity index (χ0n) is 14.2. The van der Waals surface area contributed by atoms with E-state index >= 15 is 0 Å². The zero-order valence-corrected chi connectivity index (χ0v) is 14.2. The number of rotatable bonds is 4. The Morgan fingerprint density at radius 2 is 1.83 bits per heavy atom. The van der Waals surface area contributed by atoms with E-state index in [9.17, 15) is 0 Å². The van der Waals surface area contributed by atoms with Gasteiger partial charge in [-0.2, -0.15) is 0 Å². The minimum Gasteiger partial charge on any atom is -0.361 e. The Balaban J connectivity index is 1.46. The summed E-state index contributed by atoms with van der Waals surface area (Å²) >= 11 is 0. The maximum absolute atomic E-state index is 3.73. The van der Waals surface area contributed by atoms with Crippen molar-refractivity contribution in [1.29, 1.82) is 0 Å². The average molecular weight is 319 g/mol. The van der Waals surface area contributed by atoms with Gasteiger partial charge >= 0.3 is 0 Å². The minimum atomic E-state index is 0.504. The molecule has 2 aromatic carbocycles. The second-order valence-electron chi connectivity index (χ2n) is 6.93. The van der Waals surface area contributed by atoms with E-state index in [1.165, 1.54) is 22.0 Å². The zero-order chi connectivity index (χ0) is 16.4. The van der Waals surface area contributed by atoms with Crippen LogP contribution in [-0.2, 0) is 13.0 Å². The summed E-state index contributed by atoms with van der Waals surface area (Å²) in [5.74, 6) is 0. The number of para-hydroxylation sites is 1. The van der Waals surface area contributed by atoms with Crippen molar-refractivity contribution in [1.82, 2.24) is 15.2 Å². The monoisotopic (exact) mass is 319 g/mol. The highest BCUT2D eigenvalue weighted by Gasteiger charge is 2.25. The van der Waals surface area contributed by atoms with Gasteiger partial charge < -0.3 is 10.3 Å². The van der Waals surface area contributed by atoms with Gasteiger partial charge in [-0.25, -0.2) is 0 Å². The molecule has 1 saturated heterocycles. The van der Waals surface area contributed by atoms with Crippen LogP contribution in [0, 0.1) is 0 Å². The molecule has 0 bridgehead atoms. The summed E-state index contributed by atoms with van der Waals surface area (Å²) < 4.78 is 0. The third-order valence-electron chi connectivity index (χ3n) is 5.15. The Labute approximate surface area is 143 Å². The van der Waals surface area contributed by atoms with Crippen LogP contribution in [0.4, 0.5) is 0 Å². The summed E-state index contributed by atoms with van der Waals surface area (Å²) in [4.78, 5) is 6.00.